The molecule has 0 aromatic carbocycles. The SMILES string of the molecule is O=C1CNCCN1c1cc(C(=O)N2CCC[C@@H]3CCCC[C@@H]32)cs1. The van der Waals surface area contributed by atoms with E-state index in [1.807, 2.05) is 11.4 Å². The average molecular weight is 347 g/mol. The van der Waals surface area contributed by atoms with Crippen molar-refractivity contribution in [1.82, 2.24) is 10.2 Å². The smallest absolute Gasteiger partial charge is 0.255 e. The molecule has 5 nitrogen and oxygen atoms in total. The lowest BCUT2D eigenvalue weighted by atomic mass is 9.78. The summed E-state index contributed by atoms with van der Waals surface area (Å²) < 4.78 is 0. The minimum atomic E-state index is 0.0902. The lowest BCUT2D eigenvalue weighted by molar-refractivity contribution is -0.118. The molecule has 3 aliphatic rings. The fourth-order valence-corrected chi connectivity index (χ4v) is 5.39. The Morgan fingerprint density at radius 1 is 1.17 bits per heavy atom. The fourth-order valence-electron chi connectivity index (χ4n) is 4.46. The highest BCUT2D eigenvalue weighted by Gasteiger charge is 2.36. The van der Waals surface area contributed by atoms with Crippen LogP contribution < -0.4 is 10.2 Å². The molecule has 0 radical (unpaired) electrons. The summed E-state index contributed by atoms with van der Waals surface area (Å²) in [6.45, 7) is 2.76. The number of hydrogen-bond acceptors (Lipinski definition) is 4. The zero-order valence-electron chi connectivity index (χ0n) is 14.0. The van der Waals surface area contributed by atoms with Crippen molar-refractivity contribution >= 4 is 28.2 Å². The first-order valence-electron chi connectivity index (χ1n) is 9.14. The van der Waals surface area contributed by atoms with Crippen LogP contribution in [0.3, 0.4) is 0 Å². The van der Waals surface area contributed by atoms with Gasteiger partial charge in [-0.05, 0) is 37.7 Å². The lowest BCUT2D eigenvalue weighted by Crippen LogP contribution is -2.49. The molecule has 0 bridgehead atoms. The summed E-state index contributed by atoms with van der Waals surface area (Å²) >= 11 is 1.51. The largest absolute Gasteiger partial charge is 0.335 e. The third kappa shape index (κ3) is 2.97. The Morgan fingerprint density at radius 3 is 2.88 bits per heavy atom. The van der Waals surface area contributed by atoms with E-state index in [2.05, 4.69) is 10.2 Å². The van der Waals surface area contributed by atoms with Crippen molar-refractivity contribution in [2.45, 2.75) is 44.6 Å². The van der Waals surface area contributed by atoms with Crippen molar-refractivity contribution in [3.63, 3.8) is 0 Å². The van der Waals surface area contributed by atoms with E-state index < -0.39 is 0 Å². The zero-order valence-corrected chi connectivity index (χ0v) is 14.8. The highest BCUT2D eigenvalue weighted by Crippen LogP contribution is 2.36. The van der Waals surface area contributed by atoms with Crippen molar-refractivity contribution < 1.29 is 9.59 Å². The summed E-state index contributed by atoms with van der Waals surface area (Å²) in [6, 6.07) is 2.35. The molecule has 2 atom stereocenters. The Balaban J connectivity index is 1.51. The topological polar surface area (TPSA) is 52.7 Å². The van der Waals surface area contributed by atoms with E-state index in [9.17, 15) is 9.59 Å². The van der Waals surface area contributed by atoms with Gasteiger partial charge in [0.15, 0.2) is 0 Å². The van der Waals surface area contributed by atoms with Crippen LogP contribution in [0.5, 0.6) is 0 Å². The number of piperidine rings is 1. The van der Waals surface area contributed by atoms with E-state index in [1.165, 1.54) is 37.0 Å². The monoisotopic (exact) mass is 347 g/mol. The number of likely N-dealkylation sites (tertiary alicyclic amines) is 1. The Bertz CT molecular complexity index is 628. The third-order valence-corrected chi connectivity index (χ3v) is 6.64. The highest BCUT2D eigenvalue weighted by molar-refractivity contribution is 7.14. The molecule has 130 valence electrons. The Morgan fingerprint density at radius 2 is 2.00 bits per heavy atom. The summed E-state index contributed by atoms with van der Waals surface area (Å²) in [6.07, 6.45) is 7.40. The molecule has 24 heavy (non-hydrogen) atoms. The second-order valence-corrected chi connectivity index (χ2v) is 8.04. The van der Waals surface area contributed by atoms with Crippen molar-refractivity contribution in [1.29, 1.82) is 0 Å². The van der Waals surface area contributed by atoms with Gasteiger partial charge in [-0.1, -0.05) is 12.8 Å². The Labute approximate surface area is 147 Å². The maximum atomic E-state index is 13.0. The highest BCUT2D eigenvalue weighted by atomic mass is 32.1. The minimum absolute atomic E-state index is 0.0902. The molecule has 3 fully saturated rings. The van der Waals surface area contributed by atoms with Crippen LogP contribution >= 0.6 is 11.3 Å². The third-order valence-electron chi connectivity index (χ3n) is 5.69. The predicted molar refractivity (Wildman–Crippen MR) is 95.6 cm³/mol. The second kappa shape index (κ2) is 6.84. The molecule has 2 aliphatic heterocycles. The van der Waals surface area contributed by atoms with E-state index in [-0.39, 0.29) is 11.8 Å². The summed E-state index contributed by atoms with van der Waals surface area (Å²) in [5.74, 6) is 0.952. The van der Waals surface area contributed by atoms with Gasteiger partial charge in [-0.15, -0.1) is 11.3 Å². The number of rotatable bonds is 2. The predicted octanol–water partition coefficient (Wildman–Crippen LogP) is 2.48. The van der Waals surface area contributed by atoms with Crippen LogP contribution in [0.1, 0.15) is 48.9 Å². The number of thiophene rings is 1. The lowest BCUT2D eigenvalue weighted by Gasteiger charge is -2.44. The van der Waals surface area contributed by atoms with Crippen molar-refractivity contribution in [2.75, 3.05) is 31.1 Å². The minimum Gasteiger partial charge on any atom is -0.335 e. The Kier molecular flexibility index (Phi) is 4.59. The van der Waals surface area contributed by atoms with Gasteiger partial charge in [0.2, 0.25) is 5.91 Å². The molecular formula is C18H25N3O2S. The number of amides is 2. The number of carbonyl (C=O) groups excluding carboxylic acids is 2. The van der Waals surface area contributed by atoms with Gasteiger partial charge in [-0.3, -0.25) is 9.59 Å². The maximum absolute atomic E-state index is 13.0. The number of nitrogens with one attached hydrogen (secondary N) is 1. The number of hydrogen-bond donors (Lipinski definition) is 1. The van der Waals surface area contributed by atoms with E-state index in [0.29, 0.717) is 25.0 Å². The molecule has 1 aromatic heterocycles. The van der Waals surface area contributed by atoms with Gasteiger partial charge in [-0.25, -0.2) is 0 Å². The van der Waals surface area contributed by atoms with Crippen molar-refractivity contribution in [2.24, 2.45) is 5.92 Å². The summed E-state index contributed by atoms with van der Waals surface area (Å²) in [5, 5.41) is 5.92. The van der Waals surface area contributed by atoms with Gasteiger partial charge in [0.25, 0.3) is 5.91 Å². The first-order chi connectivity index (χ1) is 11.7. The second-order valence-electron chi connectivity index (χ2n) is 7.15. The average Bonchev–Trinajstić information content (AvgIpc) is 3.11. The molecule has 4 rings (SSSR count). The number of anilines is 1. The van der Waals surface area contributed by atoms with Crippen LogP contribution in [0.4, 0.5) is 5.00 Å². The molecule has 6 heteroatoms. The standard InChI is InChI=1S/C18H25N3O2S/c22-16-11-19-7-9-21(16)17-10-14(12-24-17)18(23)20-8-3-5-13-4-1-2-6-15(13)20/h10,12-13,15,19H,1-9,11H2/t13-,15-/m0/s1. The van der Waals surface area contributed by atoms with Gasteiger partial charge in [-0.2, -0.15) is 0 Å². The van der Waals surface area contributed by atoms with Gasteiger partial charge >= 0.3 is 0 Å². The molecule has 1 N–H and O–H groups in total. The fraction of sp³-hybridized carbons (Fsp3) is 0.667. The van der Waals surface area contributed by atoms with Crippen molar-refractivity contribution in [3.05, 3.63) is 17.0 Å². The molecule has 0 unspecified atom stereocenters. The quantitative estimate of drug-likeness (QED) is 0.894. The Hall–Kier alpha value is -1.40. The van der Waals surface area contributed by atoms with Gasteiger partial charge < -0.3 is 15.1 Å². The van der Waals surface area contributed by atoms with Crippen LogP contribution in [-0.4, -0.2) is 48.9 Å². The van der Waals surface area contributed by atoms with Crippen LogP contribution in [0.25, 0.3) is 0 Å². The molecule has 2 saturated heterocycles. The van der Waals surface area contributed by atoms with Crippen LogP contribution in [0.2, 0.25) is 0 Å². The van der Waals surface area contributed by atoms with Crippen LogP contribution in [0.15, 0.2) is 11.4 Å². The van der Waals surface area contributed by atoms with Gasteiger partial charge in [0.05, 0.1) is 17.1 Å². The molecule has 1 aromatic rings. The summed E-state index contributed by atoms with van der Waals surface area (Å²) in [7, 11) is 0. The number of nitrogens with zero attached hydrogens (tertiary/aromatic N) is 2. The van der Waals surface area contributed by atoms with Crippen LogP contribution in [-0.2, 0) is 4.79 Å². The number of fused-ring (bicyclic) bond motifs is 1. The summed E-state index contributed by atoms with van der Waals surface area (Å²) in [4.78, 5) is 29.0. The molecular weight excluding hydrogens is 322 g/mol. The van der Waals surface area contributed by atoms with E-state index in [4.69, 9.17) is 0 Å². The number of carbonyl (C=O) groups is 2. The van der Waals surface area contributed by atoms with E-state index in [0.717, 1.165) is 36.5 Å². The first-order valence-corrected chi connectivity index (χ1v) is 10.0. The molecule has 0 spiro atoms. The number of piperazine rings is 1. The molecule has 3 heterocycles. The zero-order chi connectivity index (χ0) is 16.5. The summed E-state index contributed by atoms with van der Waals surface area (Å²) in [5.41, 5.74) is 0.757. The van der Waals surface area contributed by atoms with E-state index >= 15 is 0 Å². The van der Waals surface area contributed by atoms with Crippen molar-refractivity contribution in [3.8, 4) is 0 Å². The normalized spacial score (nSPS) is 27.9. The van der Waals surface area contributed by atoms with Gasteiger partial charge in [0.1, 0.15) is 0 Å². The first kappa shape index (κ1) is 16.1. The van der Waals surface area contributed by atoms with E-state index in [1.54, 1.807) is 4.90 Å². The maximum Gasteiger partial charge on any atom is 0.255 e. The molecule has 2 amide bonds. The van der Waals surface area contributed by atoms with Crippen LogP contribution in [0, 0.1) is 5.92 Å². The molecule has 1 aliphatic carbocycles. The van der Waals surface area contributed by atoms with Gasteiger partial charge in [0, 0.05) is 31.1 Å². The molecule has 1 saturated carbocycles.